The molecule has 0 saturated heterocycles. The Morgan fingerprint density at radius 1 is 0.905 bits per heavy atom. The van der Waals surface area contributed by atoms with Gasteiger partial charge >= 0.3 is 0 Å². The first-order chi connectivity index (χ1) is 10.0. The van der Waals surface area contributed by atoms with Gasteiger partial charge in [-0.2, -0.15) is 0 Å². The predicted molar refractivity (Wildman–Crippen MR) is 83.3 cm³/mol. The van der Waals surface area contributed by atoms with Crippen LogP contribution in [-0.4, -0.2) is 6.54 Å². The highest BCUT2D eigenvalue weighted by atomic mass is 19.1. The highest BCUT2D eigenvalue weighted by Crippen LogP contribution is 2.28. The van der Waals surface area contributed by atoms with Crippen molar-refractivity contribution in [3.63, 3.8) is 0 Å². The molecular weight excluding hydrogens is 268 g/mol. The van der Waals surface area contributed by atoms with Crippen LogP contribution in [0.2, 0.25) is 0 Å². The Bertz CT molecular complexity index is 635. The maximum absolute atomic E-state index is 14.0. The van der Waals surface area contributed by atoms with Crippen LogP contribution in [0.1, 0.15) is 30.0 Å². The van der Waals surface area contributed by atoms with E-state index in [1.807, 2.05) is 19.1 Å². The summed E-state index contributed by atoms with van der Waals surface area (Å²) in [7, 11) is 0. The van der Waals surface area contributed by atoms with Gasteiger partial charge in [0.25, 0.3) is 0 Å². The quantitative estimate of drug-likeness (QED) is 0.783. The molecule has 0 amide bonds. The molecular formula is C18H21F2N. The molecule has 21 heavy (non-hydrogen) atoms. The van der Waals surface area contributed by atoms with Gasteiger partial charge in [0, 0.05) is 18.2 Å². The number of aryl methyl sites for hydroxylation is 2. The van der Waals surface area contributed by atoms with Crippen molar-refractivity contribution in [2.24, 2.45) is 0 Å². The van der Waals surface area contributed by atoms with E-state index in [0.717, 1.165) is 36.7 Å². The fraction of sp³-hybridized carbons (Fsp3) is 0.333. The summed E-state index contributed by atoms with van der Waals surface area (Å²) >= 11 is 0. The van der Waals surface area contributed by atoms with E-state index in [1.54, 1.807) is 13.0 Å². The lowest BCUT2D eigenvalue weighted by molar-refractivity contribution is 0.579. The van der Waals surface area contributed by atoms with E-state index in [-0.39, 0.29) is 0 Å². The Balaban J connectivity index is 2.31. The van der Waals surface area contributed by atoms with E-state index >= 15 is 0 Å². The topological polar surface area (TPSA) is 12.0 Å². The summed E-state index contributed by atoms with van der Waals surface area (Å²) < 4.78 is 27.4. The molecule has 0 aliphatic heterocycles. The largest absolute Gasteiger partial charge is 0.313 e. The van der Waals surface area contributed by atoms with Gasteiger partial charge in [-0.3, -0.25) is 0 Å². The predicted octanol–water partition coefficient (Wildman–Crippen LogP) is 4.75. The average Bonchev–Trinajstić information content (AvgIpc) is 2.44. The summed E-state index contributed by atoms with van der Waals surface area (Å²) in [5.41, 5.74) is 3.90. The number of halogens is 2. The van der Waals surface area contributed by atoms with Crippen molar-refractivity contribution < 1.29 is 8.78 Å². The molecule has 1 N–H and O–H groups in total. The lowest BCUT2D eigenvalue weighted by Gasteiger charge is -2.11. The number of hydrogen-bond donors (Lipinski definition) is 1. The zero-order valence-corrected chi connectivity index (χ0v) is 12.8. The van der Waals surface area contributed by atoms with Crippen molar-refractivity contribution in [2.75, 3.05) is 6.54 Å². The van der Waals surface area contributed by atoms with Gasteiger partial charge < -0.3 is 5.32 Å². The second-order valence-electron chi connectivity index (χ2n) is 5.41. The molecule has 0 bridgehead atoms. The van der Waals surface area contributed by atoms with Crippen LogP contribution in [-0.2, 0) is 6.54 Å². The maximum atomic E-state index is 14.0. The van der Waals surface area contributed by atoms with Crippen LogP contribution < -0.4 is 5.32 Å². The molecule has 0 heterocycles. The van der Waals surface area contributed by atoms with Gasteiger partial charge in [0.05, 0.1) is 0 Å². The van der Waals surface area contributed by atoms with Crippen molar-refractivity contribution in [1.82, 2.24) is 5.32 Å². The molecule has 0 aliphatic rings. The van der Waals surface area contributed by atoms with Crippen LogP contribution in [0.5, 0.6) is 0 Å². The van der Waals surface area contributed by atoms with Crippen molar-refractivity contribution in [3.8, 4) is 11.1 Å². The van der Waals surface area contributed by atoms with Gasteiger partial charge in [-0.15, -0.1) is 0 Å². The lowest BCUT2D eigenvalue weighted by Crippen LogP contribution is -2.13. The second-order valence-corrected chi connectivity index (χ2v) is 5.41. The van der Waals surface area contributed by atoms with Crippen LogP contribution in [0.15, 0.2) is 30.3 Å². The van der Waals surface area contributed by atoms with Crippen molar-refractivity contribution >= 4 is 0 Å². The Morgan fingerprint density at radius 2 is 1.67 bits per heavy atom. The first kappa shape index (κ1) is 15.6. The third-order valence-corrected chi connectivity index (χ3v) is 3.59. The molecule has 0 spiro atoms. The third-order valence-electron chi connectivity index (χ3n) is 3.59. The number of hydrogen-bond acceptors (Lipinski definition) is 1. The summed E-state index contributed by atoms with van der Waals surface area (Å²) in [5, 5.41) is 3.34. The molecule has 0 saturated carbocycles. The first-order valence-corrected chi connectivity index (χ1v) is 7.29. The highest BCUT2D eigenvalue weighted by Gasteiger charge is 2.11. The van der Waals surface area contributed by atoms with Crippen LogP contribution in [0.4, 0.5) is 8.78 Å². The van der Waals surface area contributed by atoms with Crippen molar-refractivity contribution in [3.05, 3.63) is 58.7 Å². The molecule has 0 atom stereocenters. The van der Waals surface area contributed by atoms with Crippen LogP contribution in [0.25, 0.3) is 11.1 Å². The molecule has 0 fully saturated rings. The van der Waals surface area contributed by atoms with Gasteiger partial charge in [0.2, 0.25) is 0 Å². The SMILES string of the molecule is CCCNCc1ccc(-c2cc(C)c(F)cc2F)c(C)c1. The van der Waals surface area contributed by atoms with E-state index in [4.69, 9.17) is 0 Å². The summed E-state index contributed by atoms with van der Waals surface area (Å²) in [6.07, 6.45) is 1.09. The van der Waals surface area contributed by atoms with E-state index in [0.29, 0.717) is 11.1 Å². The second kappa shape index (κ2) is 6.81. The van der Waals surface area contributed by atoms with Crippen molar-refractivity contribution in [1.29, 1.82) is 0 Å². The third kappa shape index (κ3) is 3.67. The fourth-order valence-electron chi connectivity index (χ4n) is 2.41. The number of benzene rings is 2. The average molecular weight is 289 g/mol. The Kier molecular flexibility index (Phi) is 5.07. The molecule has 112 valence electrons. The Hall–Kier alpha value is -1.74. The molecule has 0 unspecified atom stereocenters. The maximum Gasteiger partial charge on any atom is 0.133 e. The van der Waals surface area contributed by atoms with E-state index < -0.39 is 11.6 Å². The van der Waals surface area contributed by atoms with E-state index in [2.05, 4.69) is 18.3 Å². The Labute approximate surface area is 125 Å². The minimum atomic E-state index is -0.516. The minimum Gasteiger partial charge on any atom is -0.313 e. The Morgan fingerprint density at radius 3 is 2.33 bits per heavy atom. The zero-order chi connectivity index (χ0) is 15.4. The number of nitrogens with one attached hydrogen (secondary N) is 1. The van der Waals surface area contributed by atoms with Crippen LogP contribution >= 0.6 is 0 Å². The zero-order valence-electron chi connectivity index (χ0n) is 12.8. The molecule has 0 radical (unpaired) electrons. The van der Waals surface area contributed by atoms with Crippen LogP contribution in [0.3, 0.4) is 0 Å². The lowest BCUT2D eigenvalue weighted by atomic mass is 9.96. The van der Waals surface area contributed by atoms with Gasteiger partial charge in [0.15, 0.2) is 0 Å². The summed E-state index contributed by atoms with van der Waals surface area (Å²) in [6.45, 7) is 7.51. The monoisotopic (exact) mass is 289 g/mol. The first-order valence-electron chi connectivity index (χ1n) is 7.29. The molecule has 2 rings (SSSR count). The molecule has 2 aromatic carbocycles. The van der Waals surface area contributed by atoms with Crippen LogP contribution in [0, 0.1) is 25.5 Å². The molecule has 2 aromatic rings. The van der Waals surface area contributed by atoms with Gasteiger partial charge in [-0.05, 0) is 55.1 Å². The van der Waals surface area contributed by atoms with Gasteiger partial charge in [-0.25, -0.2) is 8.78 Å². The molecule has 0 aliphatic carbocycles. The van der Waals surface area contributed by atoms with E-state index in [1.165, 1.54) is 5.56 Å². The minimum absolute atomic E-state index is 0.458. The molecule has 0 aromatic heterocycles. The van der Waals surface area contributed by atoms with Gasteiger partial charge in [0.1, 0.15) is 11.6 Å². The number of rotatable bonds is 5. The van der Waals surface area contributed by atoms with E-state index in [9.17, 15) is 8.78 Å². The normalized spacial score (nSPS) is 10.9. The van der Waals surface area contributed by atoms with Gasteiger partial charge in [-0.1, -0.05) is 25.1 Å². The summed E-state index contributed by atoms with van der Waals surface area (Å²) in [5.74, 6) is -1.02. The summed E-state index contributed by atoms with van der Waals surface area (Å²) in [4.78, 5) is 0. The highest BCUT2D eigenvalue weighted by molar-refractivity contribution is 5.69. The fourth-order valence-corrected chi connectivity index (χ4v) is 2.41. The smallest absolute Gasteiger partial charge is 0.133 e. The molecule has 1 nitrogen and oxygen atoms in total. The van der Waals surface area contributed by atoms with Crippen molar-refractivity contribution in [2.45, 2.75) is 33.7 Å². The molecule has 3 heteroatoms. The standard InChI is InChI=1S/C18H21F2N/c1-4-7-21-11-14-5-6-15(12(2)8-14)16-9-13(3)17(19)10-18(16)20/h5-6,8-10,21H,4,7,11H2,1-3H3. The summed E-state index contributed by atoms with van der Waals surface area (Å²) in [6, 6.07) is 8.48.